The second-order valence-corrected chi connectivity index (χ2v) is 18.9. The number of carbonyl (C=O) groups is 2. The van der Waals surface area contributed by atoms with Gasteiger partial charge in [0.25, 0.3) is 0 Å². The smallest absolute Gasteiger partial charge is 0.195 e. The van der Waals surface area contributed by atoms with Crippen LogP contribution in [-0.2, 0) is 15.0 Å². The zero-order valence-corrected chi connectivity index (χ0v) is 40.3. The molecule has 10 aromatic carbocycles. The van der Waals surface area contributed by atoms with Crippen molar-refractivity contribution in [1.29, 1.82) is 0 Å². The molecule has 7 aliphatic heterocycles. The van der Waals surface area contributed by atoms with Crippen LogP contribution in [0.2, 0.25) is 0 Å². The van der Waals surface area contributed by atoms with Gasteiger partial charge in [-0.1, -0.05) is 255 Å². The maximum absolute atomic E-state index is 15.5. The average Bonchev–Trinajstić information content (AvgIpc) is 4.00. The summed E-state index contributed by atoms with van der Waals surface area (Å²) in [5.74, 6) is 1.24. The molecular formula is C71H46O3. The lowest BCUT2D eigenvalue weighted by Gasteiger charge is -2.37. The van der Waals surface area contributed by atoms with Crippen LogP contribution in [0, 0.1) is 0 Å². The minimum absolute atomic E-state index is 0.0314. The quantitative estimate of drug-likeness (QED) is 0.167. The number of allylic oxidation sites excluding steroid dienone is 8. The minimum Gasteiger partial charge on any atom is -0.457 e. The van der Waals surface area contributed by atoms with Crippen molar-refractivity contribution >= 4 is 56.2 Å². The first kappa shape index (κ1) is 44.3. The standard InChI is InChI=1S/C71H46O3/c72-69-65(49-23-11-3-12-24-49)61(47-19-7-1-8-20-47)63-51-35-43-59(44-36-51)74-60-45-37-52(38-46-60)64-62(48-21-9-2-10-22-48)66(50-25-13-4-14-26-50)70(73)68(64)54-33-41-58(42-34-54)71(55-27-15-5-16-28-55,56-29-17-6-18-30-56)57-39-31-53(32-40-57)67(63)69/h1-46H. The van der Waals surface area contributed by atoms with Gasteiger partial charge >= 0.3 is 0 Å². The van der Waals surface area contributed by atoms with Crippen LogP contribution in [0.4, 0.5) is 0 Å². The normalized spacial score (nSPS) is 14.8. The number of ketones is 2. The summed E-state index contributed by atoms with van der Waals surface area (Å²) in [5, 5.41) is 0. The first-order valence-corrected chi connectivity index (χ1v) is 25.1. The second kappa shape index (κ2) is 18.5. The van der Waals surface area contributed by atoms with Crippen molar-refractivity contribution < 1.29 is 14.3 Å². The van der Waals surface area contributed by atoms with Gasteiger partial charge in [0.05, 0.1) is 5.41 Å². The average molecular weight is 947 g/mol. The van der Waals surface area contributed by atoms with Gasteiger partial charge in [-0.25, -0.2) is 0 Å². The van der Waals surface area contributed by atoms with Crippen LogP contribution in [0.15, 0.2) is 279 Å². The molecule has 0 radical (unpaired) electrons. The lowest BCUT2D eigenvalue weighted by Crippen LogP contribution is -2.31. The van der Waals surface area contributed by atoms with Crippen LogP contribution in [0.3, 0.4) is 0 Å². The van der Waals surface area contributed by atoms with Crippen molar-refractivity contribution in [3.8, 4) is 11.5 Å². The Morgan fingerprint density at radius 1 is 0.203 bits per heavy atom. The fraction of sp³-hybridized carbons (Fsp3) is 0.0141. The summed E-state index contributed by atoms with van der Waals surface area (Å²) in [7, 11) is 0. The minimum atomic E-state index is -0.818. The van der Waals surface area contributed by atoms with Gasteiger partial charge in [0.15, 0.2) is 11.6 Å². The largest absolute Gasteiger partial charge is 0.457 e. The van der Waals surface area contributed by atoms with E-state index >= 15 is 9.59 Å². The van der Waals surface area contributed by atoms with Crippen LogP contribution < -0.4 is 4.74 Å². The summed E-state index contributed by atoms with van der Waals surface area (Å²) < 4.78 is 6.60. The molecule has 19 rings (SSSR count). The van der Waals surface area contributed by atoms with Crippen molar-refractivity contribution in [3.05, 3.63) is 346 Å². The summed E-state index contributed by atoms with van der Waals surface area (Å²) in [6.45, 7) is 0. The summed E-state index contributed by atoms with van der Waals surface area (Å²) in [5.41, 5.74) is 16.6. The van der Waals surface area contributed by atoms with Gasteiger partial charge in [-0.15, -0.1) is 0 Å². The third kappa shape index (κ3) is 7.36. The topological polar surface area (TPSA) is 43.4 Å². The summed E-state index contributed by atoms with van der Waals surface area (Å²) >= 11 is 0. The lowest BCUT2D eigenvalue weighted by molar-refractivity contribution is -0.109. The Labute approximate surface area is 431 Å². The van der Waals surface area contributed by atoms with E-state index in [-0.39, 0.29) is 11.6 Å². The van der Waals surface area contributed by atoms with Gasteiger partial charge in [-0.05, 0) is 91.0 Å². The monoisotopic (exact) mass is 946 g/mol. The molecule has 0 N–H and O–H groups in total. The molecule has 2 aliphatic carbocycles. The Kier molecular flexibility index (Phi) is 11.1. The van der Waals surface area contributed by atoms with E-state index in [1.807, 2.05) is 121 Å². The molecule has 348 valence electrons. The summed E-state index contributed by atoms with van der Waals surface area (Å²) in [6, 6.07) is 95.3. The van der Waals surface area contributed by atoms with Crippen LogP contribution >= 0.6 is 0 Å². The van der Waals surface area contributed by atoms with Gasteiger partial charge in [-0.2, -0.15) is 0 Å². The summed E-state index contributed by atoms with van der Waals surface area (Å²) in [6.07, 6.45) is 0. The van der Waals surface area contributed by atoms with Gasteiger partial charge in [0, 0.05) is 44.6 Å². The molecule has 0 spiro atoms. The van der Waals surface area contributed by atoms with Crippen molar-refractivity contribution in [2.75, 3.05) is 0 Å². The van der Waals surface area contributed by atoms with Gasteiger partial charge in [-0.3, -0.25) is 9.59 Å². The van der Waals surface area contributed by atoms with E-state index in [1.54, 1.807) is 0 Å². The van der Waals surface area contributed by atoms with Crippen LogP contribution in [0.25, 0.3) is 44.6 Å². The first-order chi connectivity index (χ1) is 36.6. The van der Waals surface area contributed by atoms with Crippen molar-refractivity contribution in [2.45, 2.75) is 5.41 Å². The highest BCUT2D eigenvalue weighted by Gasteiger charge is 2.41. The highest BCUT2D eigenvalue weighted by atomic mass is 16.5. The van der Waals surface area contributed by atoms with Gasteiger partial charge < -0.3 is 4.74 Å². The highest BCUT2D eigenvalue weighted by Crippen LogP contribution is 2.53. The Bertz CT molecular complexity index is 3630. The molecule has 0 aromatic heterocycles. The predicted molar refractivity (Wildman–Crippen MR) is 301 cm³/mol. The fourth-order valence-corrected chi connectivity index (χ4v) is 11.5. The Morgan fingerprint density at radius 3 is 0.689 bits per heavy atom. The fourth-order valence-electron chi connectivity index (χ4n) is 11.5. The molecule has 9 aliphatic rings. The third-order valence-corrected chi connectivity index (χ3v) is 14.8. The second-order valence-electron chi connectivity index (χ2n) is 18.9. The maximum atomic E-state index is 15.5. The zero-order valence-electron chi connectivity index (χ0n) is 40.3. The number of benzene rings is 10. The van der Waals surface area contributed by atoms with E-state index in [0.717, 1.165) is 89.1 Å². The van der Waals surface area contributed by atoms with Gasteiger partial charge in [0.2, 0.25) is 0 Å². The summed E-state index contributed by atoms with van der Waals surface area (Å²) in [4.78, 5) is 31.1. The number of hydrogen-bond acceptors (Lipinski definition) is 3. The number of Topliss-reactive ketones (excluding diaryl/α,β-unsaturated/α-hetero) is 2. The molecule has 10 aromatic rings. The number of rotatable bonds is 6. The molecule has 74 heavy (non-hydrogen) atoms. The highest BCUT2D eigenvalue weighted by molar-refractivity contribution is 6.60. The molecule has 0 fully saturated rings. The molecule has 0 amide bonds. The van der Waals surface area contributed by atoms with E-state index in [1.165, 1.54) is 0 Å². The Morgan fingerprint density at radius 2 is 0.405 bits per heavy atom. The lowest BCUT2D eigenvalue weighted by atomic mass is 9.65. The van der Waals surface area contributed by atoms with E-state index in [2.05, 4.69) is 158 Å². The van der Waals surface area contributed by atoms with Crippen LogP contribution in [-0.4, -0.2) is 11.6 Å². The molecule has 7 heterocycles. The van der Waals surface area contributed by atoms with E-state index in [4.69, 9.17) is 4.74 Å². The van der Waals surface area contributed by atoms with Crippen molar-refractivity contribution in [3.63, 3.8) is 0 Å². The van der Waals surface area contributed by atoms with Crippen LogP contribution in [0.5, 0.6) is 11.5 Å². The molecule has 3 heteroatoms. The predicted octanol–water partition coefficient (Wildman–Crippen LogP) is 16.4. The van der Waals surface area contributed by atoms with Gasteiger partial charge in [0.1, 0.15) is 11.5 Å². The maximum Gasteiger partial charge on any atom is 0.195 e. The van der Waals surface area contributed by atoms with Crippen LogP contribution in [0.1, 0.15) is 66.8 Å². The molecule has 0 atom stereocenters. The molecule has 0 unspecified atom stereocenters. The number of ether oxygens (including phenoxy) is 1. The first-order valence-electron chi connectivity index (χ1n) is 25.1. The van der Waals surface area contributed by atoms with Crippen molar-refractivity contribution in [1.82, 2.24) is 0 Å². The molecule has 0 saturated carbocycles. The third-order valence-electron chi connectivity index (χ3n) is 14.8. The zero-order chi connectivity index (χ0) is 49.6. The molecule has 8 bridgehead atoms. The van der Waals surface area contributed by atoms with Crippen molar-refractivity contribution in [2.24, 2.45) is 0 Å². The van der Waals surface area contributed by atoms with E-state index < -0.39 is 5.41 Å². The molecule has 0 saturated heterocycles. The number of carbonyl (C=O) groups excluding carboxylic acids is 2. The SMILES string of the molecule is O=C1C(c2ccccc2)=C(c2ccccc2)C2=C1c1ccc(cc1)C(c1ccccc1)(c1ccccc1)c1ccc(cc1)C1=C(C(c3ccccc3)=C(c3ccccc3)C1=O)c1ccc(cc1)Oc1ccc2cc1. The van der Waals surface area contributed by atoms with E-state index in [9.17, 15) is 0 Å². The Hall–Kier alpha value is -9.70. The Balaban J connectivity index is 1.09. The molecular weight excluding hydrogens is 901 g/mol. The molecule has 3 nitrogen and oxygen atoms in total. The van der Waals surface area contributed by atoms with E-state index in [0.29, 0.717) is 33.8 Å². The number of hydrogen-bond donors (Lipinski definition) is 0.